The van der Waals surface area contributed by atoms with E-state index in [-0.39, 0.29) is 17.9 Å². The molecular formula is C16H16N2O2S. The summed E-state index contributed by atoms with van der Waals surface area (Å²) in [6, 6.07) is 9.40. The Kier molecular flexibility index (Phi) is 3.75. The lowest BCUT2D eigenvalue weighted by molar-refractivity contribution is -0.116. The van der Waals surface area contributed by atoms with Gasteiger partial charge in [0.05, 0.1) is 6.04 Å². The quantitative estimate of drug-likeness (QED) is 0.915. The first kappa shape index (κ1) is 13.8. The lowest BCUT2D eigenvalue weighted by Crippen LogP contribution is -2.26. The van der Waals surface area contributed by atoms with Gasteiger partial charge in [-0.05, 0) is 48.6 Å². The monoisotopic (exact) mass is 300 g/mol. The van der Waals surface area contributed by atoms with Gasteiger partial charge in [0.15, 0.2) is 0 Å². The smallest absolute Gasteiger partial charge is 0.251 e. The molecule has 0 unspecified atom stereocenters. The average Bonchev–Trinajstić information content (AvgIpc) is 3.01. The van der Waals surface area contributed by atoms with Gasteiger partial charge in [0.1, 0.15) is 0 Å². The summed E-state index contributed by atoms with van der Waals surface area (Å²) in [7, 11) is 0. The molecule has 0 saturated heterocycles. The third kappa shape index (κ3) is 2.97. The number of fused-ring (bicyclic) bond motifs is 1. The summed E-state index contributed by atoms with van der Waals surface area (Å²) < 4.78 is 0. The van der Waals surface area contributed by atoms with Gasteiger partial charge in [-0.1, -0.05) is 6.07 Å². The Morgan fingerprint density at radius 3 is 2.95 bits per heavy atom. The van der Waals surface area contributed by atoms with Gasteiger partial charge >= 0.3 is 0 Å². The van der Waals surface area contributed by atoms with Gasteiger partial charge < -0.3 is 10.6 Å². The van der Waals surface area contributed by atoms with Gasteiger partial charge in [0, 0.05) is 22.5 Å². The second-order valence-corrected chi connectivity index (χ2v) is 6.11. The van der Waals surface area contributed by atoms with Crippen molar-refractivity contribution in [3.8, 4) is 0 Å². The minimum atomic E-state index is -0.0874. The highest BCUT2D eigenvalue weighted by molar-refractivity contribution is 7.10. The van der Waals surface area contributed by atoms with E-state index >= 15 is 0 Å². The Morgan fingerprint density at radius 1 is 1.33 bits per heavy atom. The van der Waals surface area contributed by atoms with Gasteiger partial charge in [-0.2, -0.15) is 0 Å². The molecule has 1 aliphatic heterocycles. The summed E-state index contributed by atoms with van der Waals surface area (Å²) in [5, 5.41) is 7.82. The van der Waals surface area contributed by atoms with Crippen molar-refractivity contribution in [2.24, 2.45) is 0 Å². The zero-order valence-electron chi connectivity index (χ0n) is 11.7. The molecule has 2 heterocycles. The van der Waals surface area contributed by atoms with Crippen LogP contribution in [0.2, 0.25) is 0 Å². The Bertz CT molecular complexity index is 680. The molecule has 5 heteroatoms. The van der Waals surface area contributed by atoms with Gasteiger partial charge in [-0.25, -0.2) is 0 Å². The van der Waals surface area contributed by atoms with Gasteiger partial charge in [0.2, 0.25) is 5.91 Å². The first-order chi connectivity index (χ1) is 10.1. The van der Waals surface area contributed by atoms with E-state index in [0.29, 0.717) is 18.4 Å². The molecule has 21 heavy (non-hydrogen) atoms. The zero-order chi connectivity index (χ0) is 14.8. The van der Waals surface area contributed by atoms with Crippen molar-refractivity contribution in [3.05, 3.63) is 51.7 Å². The molecule has 1 aromatic carbocycles. The van der Waals surface area contributed by atoms with Gasteiger partial charge in [-0.3, -0.25) is 9.59 Å². The van der Waals surface area contributed by atoms with E-state index in [2.05, 4.69) is 10.6 Å². The molecule has 0 spiro atoms. The maximum absolute atomic E-state index is 12.3. The molecule has 2 amide bonds. The van der Waals surface area contributed by atoms with Crippen LogP contribution >= 0.6 is 11.3 Å². The van der Waals surface area contributed by atoms with Gasteiger partial charge in [0.25, 0.3) is 5.91 Å². The number of rotatable bonds is 3. The molecule has 0 bridgehead atoms. The Labute approximate surface area is 127 Å². The lowest BCUT2D eigenvalue weighted by atomic mass is 10.00. The minimum absolute atomic E-state index is 0.00626. The van der Waals surface area contributed by atoms with E-state index in [1.807, 2.05) is 30.5 Å². The first-order valence-corrected chi connectivity index (χ1v) is 7.78. The standard InChI is InChI=1S/C16H16N2O2S/c1-10(14-3-2-8-21-14)17-16(20)12-4-6-13-11(9-12)5-7-15(19)18-13/h2-4,6,8-10H,5,7H2,1H3,(H,17,20)(H,18,19)/t10-/m1/s1. The molecule has 2 N–H and O–H groups in total. The number of aryl methyl sites for hydroxylation is 1. The third-order valence-corrected chi connectivity index (χ3v) is 4.64. The van der Waals surface area contributed by atoms with Crippen molar-refractivity contribution in [2.75, 3.05) is 5.32 Å². The predicted octanol–water partition coefficient (Wildman–Crippen LogP) is 3.12. The normalized spacial score (nSPS) is 15.0. The molecule has 0 saturated carbocycles. The van der Waals surface area contributed by atoms with Crippen molar-refractivity contribution in [3.63, 3.8) is 0 Å². The molecule has 1 aromatic heterocycles. The predicted molar refractivity (Wildman–Crippen MR) is 83.6 cm³/mol. The van der Waals surface area contributed by atoms with Crippen LogP contribution in [-0.4, -0.2) is 11.8 Å². The van der Waals surface area contributed by atoms with Crippen LogP contribution in [0, 0.1) is 0 Å². The first-order valence-electron chi connectivity index (χ1n) is 6.90. The van der Waals surface area contributed by atoms with E-state index in [1.54, 1.807) is 23.5 Å². The van der Waals surface area contributed by atoms with E-state index < -0.39 is 0 Å². The number of hydrogen-bond acceptors (Lipinski definition) is 3. The fourth-order valence-electron chi connectivity index (χ4n) is 2.41. The fourth-order valence-corrected chi connectivity index (χ4v) is 3.15. The minimum Gasteiger partial charge on any atom is -0.345 e. The maximum atomic E-state index is 12.3. The largest absolute Gasteiger partial charge is 0.345 e. The van der Waals surface area contributed by atoms with Crippen molar-refractivity contribution < 1.29 is 9.59 Å². The number of nitrogens with one attached hydrogen (secondary N) is 2. The number of anilines is 1. The van der Waals surface area contributed by atoms with Crippen LogP contribution in [-0.2, 0) is 11.2 Å². The molecule has 108 valence electrons. The summed E-state index contributed by atoms with van der Waals surface area (Å²) in [5.41, 5.74) is 2.47. The van der Waals surface area contributed by atoms with Crippen molar-refractivity contribution in [2.45, 2.75) is 25.8 Å². The highest BCUT2D eigenvalue weighted by Gasteiger charge is 2.17. The average molecular weight is 300 g/mol. The number of thiophene rings is 1. The molecular weight excluding hydrogens is 284 g/mol. The lowest BCUT2D eigenvalue weighted by Gasteiger charge is -2.18. The van der Waals surface area contributed by atoms with Crippen LogP contribution < -0.4 is 10.6 Å². The Morgan fingerprint density at radius 2 is 2.19 bits per heavy atom. The van der Waals surface area contributed by atoms with Crippen LogP contribution in [0.5, 0.6) is 0 Å². The SMILES string of the molecule is C[C@@H](NC(=O)c1ccc2c(c1)CCC(=O)N2)c1cccs1. The van der Waals surface area contributed by atoms with E-state index in [9.17, 15) is 9.59 Å². The Balaban J connectivity index is 1.75. The number of carbonyl (C=O) groups is 2. The summed E-state index contributed by atoms with van der Waals surface area (Å²) >= 11 is 1.63. The molecule has 0 radical (unpaired) electrons. The molecule has 2 aromatic rings. The van der Waals surface area contributed by atoms with Crippen LogP contribution in [0.4, 0.5) is 5.69 Å². The van der Waals surface area contributed by atoms with Crippen LogP contribution in [0.3, 0.4) is 0 Å². The third-order valence-electron chi connectivity index (χ3n) is 3.58. The summed E-state index contributed by atoms with van der Waals surface area (Å²) in [6.45, 7) is 1.97. The molecule has 0 fully saturated rings. The Hall–Kier alpha value is -2.14. The van der Waals surface area contributed by atoms with Crippen LogP contribution in [0.1, 0.15) is 40.2 Å². The molecule has 4 nitrogen and oxygen atoms in total. The molecule has 1 atom stereocenters. The molecule has 0 aliphatic carbocycles. The van der Waals surface area contributed by atoms with Gasteiger partial charge in [-0.15, -0.1) is 11.3 Å². The van der Waals surface area contributed by atoms with Crippen LogP contribution in [0.15, 0.2) is 35.7 Å². The second-order valence-electron chi connectivity index (χ2n) is 5.13. The fraction of sp³-hybridized carbons (Fsp3) is 0.250. The number of hydrogen-bond donors (Lipinski definition) is 2. The highest BCUT2D eigenvalue weighted by Crippen LogP contribution is 2.24. The zero-order valence-corrected chi connectivity index (χ0v) is 12.5. The summed E-state index contributed by atoms with van der Waals surface area (Å²) in [4.78, 5) is 24.8. The summed E-state index contributed by atoms with van der Waals surface area (Å²) in [6.07, 6.45) is 1.16. The van der Waals surface area contributed by atoms with Crippen molar-refractivity contribution in [1.82, 2.24) is 5.32 Å². The number of benzene rings is 1. The molecule has 3 rings (SSSR count). The number of amides is 2. The maximum Gasteiger partial charge on any atom is 0.251 e. The van der Waals surface area contributed by atoms with E-state index in [4.69, 9.17) is 0 Å². The summed E-state index contributed by atoms with van der Waals surface area (Å²) in [5.74, 6) is -0.0541. The topological polar surface area (TPSA) is 58.2 Å². The number of carbonyl (C=O) groups excluding carboxylic acids is 2. The van der Waals surface area contributed by atoms with E-state index in [1.165, 1.54) is 0 Å². The highest BCUT2D eigenvalue weighted by atomic mass is 32.1. The molecule has 1 aliphatic rings. The van der Waals surface area contributed by atoms with Crippen LogP contribution in [0.25, 0.3) is 0 Å². The van der Waals surface area contributed by atoms with Crippen molar-refractivity contribution >= 4 is 28.8 Å². The van der Waals surface area contributed by atoms with E-state index in [0.717, 1.165) is 16.1 Å². The van der Waals surface area contributed by atoms with Crippen molar-refractivity contribution in [1.29, 1.82) is 0 Å². The second kappa shape index (κ2) is 5.69.